The van der Waals surface area contributed by atoms with Gasteiger partial charge in [-0.15, -0.1) is 0 Å². The van der Waals surface area contributed by atoms with Crippen LogP contribution in [-0.2, 0) is 26.2 Å². The minimum atomic E-state index is -4.20. The highest BCUT2D eigenvalue weighted by atomic mass is 35.5. The second-order valence-electron chi connectivity index (χ2n) is 9.35. The molecule has 0 saturated carbocycles. The van der Waals surface area contributed by atoms with E-state index in [0.717, 1.165) is 4.31 Å². The number of halogens is 3. The van der Waals surface area contributed by atoms with E-state index in [0.29, 0.717) is 22.2 Å². The van der Waals surface area contributed by atoms with Crippen molar-refractivity contribution >= 4 is 62.3 Å². The summed E-state index contributed by atoms with van der Waals surface area (Å²) in [5, 5.41) is 3.72. The van der Waals surface area contributed by atoms with Gasteiger partial charge >= 0.3 is 0 Å². The predicted octanol–water partition coefficient (Wildman–Crippen LogP) is 6.03. The fourth-order valence-corrected chi connectivity index (χ4v) is 5.97. The Hall–Kier alpha value is -2.78. The van der Waals surface area contributed by atoms with Crippen LogP contribution in [0.5, 0.6) is 0 Å². The van der Waals surface area contributed by atoms with Crippen molar-refractivity contribution < 1.29 is 18.0 Å². The number of hydrogen-bond donors (Lipinski definition) is 1. The Morgan fingerprint density at radius 3 is 2.13 bits per heavy atom. The van der Waals surface area contributed by atoms with Crippen LogP contribution in [0.15, 0.2) is 77.7 Å². The molecule has 0 spiro atoms. The SMILES string of the molecule is CC(C)CNC(=O)[C@H](C)N(Cc1ccc(Cl)cc1Cl)C(=O)CN(c1ccccc1Cl)S(=O)(=O)c1ccccc1. The number of amides is 2. The molecular formula is C28H30Cl3N3O4S. The van der Waals surface area contributed by atoms with Crippen LogP contribution in [0.2, 0.25) is 15.1 Å². The molecule has 0 unspecified atom stereocenters. The van der Waals surface area contributed by atoms with Crippen molar-refractivity contribution in [2.45, 2.75) is 38.3 Å². The number of sulfonamides is 1. The van der Waals surface area contributed by atoms with Crippen molar-refractivity contribution in [2.75, 3.05) is 17.4 Å². The van der Waals surface area contributed by atoms with Crippen molar-refractivity contribution in [1.29, 1.82) is 0 Å². The Kier molecular flexibility index (Phi) is 10.7. The Morgan fingerprint density at radius 2 is 1.51 bits per heavy atom. The average molecular weight is 611 g/mol. The molecule has 39 heavy (non-hydrogen) atoms. The number of nitrogens with one attached hydrogen (secondary N) is 1. The van der Waals surface area contributed by atoms with Gasteiger partial charge in [0.2, 0.25) is 11.8 Å². The molecule has 11 heteroatoms. The lowest BCUT2D eigenvalue weighted by Crippen LogP contribution is -2.51. The number of para-hydroxylation sites is 1. The summed E-state index contributed by atoms with van der Waals surface area (Å²) in [4.78, 5) is 28.2. The molecule has 208 valence electrons. The number of nitrogens with zero attached hydrogens (tertiary/aromatic N) is 2. The smallest absolute Gasteiger partial charge is 0.264 e. The van der Waals surface area contributed by atoms with Gasteiger partial charge in [0.1, 0.15) is 12.6 Å². The highest BCUT2D eigenvalue weighted by molar-refractivity contribution is 7.92. The summed E-state index contributed by atoms with van der Waals surface area (Å²) in [6.07, 6.45) is 0. The monoisotopic (exact) mass is 609 g/mol. The summed E-state index contributed by atoms with van der Waals surface area (Å²) in [6.45, 7) is 5.26. The maximum atomic E-state index is 13.9. The molecule has 0 aliphatic heterocycles. The molecule has 3 aromatic carbocycles. The molecular weight excluding hydrogens is 581 g/mol. The van der Waals surface area contributed by atoms with E-state index in [-0.39, 0.29) is 34.0 Å². The van der Waals surface area contributed by atoms with E-state index < -0.39 is 28.5 Å². The number of carbonyl (C=O) groups excluding carboxylic acids is 2. The van der Waals surface area contributed by atoms with Crippen molar-refractivity contribution in [1.82, 2.24) is 10.2 Å². The topological polar surface area (TPSA) is 86.8 Å². The first kappa shape index (κ1) is 30.8. The molecule has 1 atom stereocenters. The highest BCUT2D eigenvalue weighted by Crippen LogP contribution is 2.31. The minimum Gasteiger partial charge on any atom is -0.354 e. The van der Waals surface area contributed by atoms with Crippen LogP contribution in [0.3, 0.4) is 0 Å². The van der Waals surface area contributed by atoms with Crippen molar-refractivity contribution in [3.63, 3.8) is 0 Å². The molecule has 0 bridgehead atoms. The number of hydrogen-bond acceptors (Lipinski definition) is 4. The van der Waals surface area contributed by atoms with Crippen LogP contribution in [0.1, 0.15) is 26.3 Å². The first-order valence-corrected chi connectivity index (χ1v) is 14.8. The molecule has 0 aliphatic carbocycles. The van der Waals surface area contributed by atoms with Gasteiger partial charge in [-0.05, 0) is 54.8 Å². The number of rotatable bonds is 11. The molecule has 2 amide bonds. The maximum Gasteiger partial charge on any atom is 0.264 e. The third-order valence-electron chi connectivity index (χ3n) is 5.94. The van der Waals surface area contributed by atoms with Crippen LogP contribution in [0.25, 0.3) is 0 Å². The largest absolute Gasteiger partial charge is 0.354 e. The Morgan fingerprint density at radius 1 is 0.872 bits per heavy atom. The normalized spacial score (nSPS) is 12.2. The number of carbonyl (C=O) groups is 2. The summed E-state index contributed by atoms with van der Waals surface area (Å²) in [7, 11) is -4.20. The van der Waals surface area contributed by atoms with Crippen molar-refractivity contribution in [3.8, 4) is 0 Å². The second-order valence-corrected chi connectivity index (χ2v) is 12.5. The molecule has 0 radical (unpaired) electrons. The summed E-state index contributed by atoms with van der Waals surface area (Å²) >= 11 is 18.8. The average Bonchev–Trinajstić information content (AvgIpc) is 2.90. The van der Waals surface area contributed by atoms with E-state index in [2.05, 4.69) is 5.32 Å². The zero-order valence-electron chi connectivity index (χ0n) is 21.8. The molecule has 3 aromatic rings. The lowest BCUT2D eigenvalue weighted by Gasteiger charge is -2.32. The quantitative estimate of drug-likeness (QED) is 0.287. The van der Waals surface area contributed by atoms with Gasteiger partial charge in [-0.2, -0.15) is 0 Å². The molecule has 7 nitrogen and oxygen atoms in total. The molecule has 0 saturated heterocycles. The summed E-state index contributed by atoms with van der Waals surface area (Å²) < 4.78 is 28.5. The van der Waals surface area contributed by atoms with Gasteiger partial charge in [-0.3, -0.25) is 13.9 Å². The van der Waals surface area contributed by atoms with Gasteiger partial charge in [0.25, 0.3) is 10.0 Å². The molecule has 3 rings (SSSR count). The third kappa shape index (κ3) is 7.88. The first-order chi connectivity index (χ1) is 18.4. The van der Waals surface area contributed by atoms with Crippen LogP contribution < -0.4 is 9.62 Å². The lowest BCUT2D eigenvalue weighted by molar-refractivity contribution is -0.139. The van der Waals surface area contributed by atoms with E-state index in [9.17, 15) is 18.0 Å². The molecule has 0 fully saturated rings. The lowest BCUT2D eigenvalue weighted by atomic mass is 10.1. The third-order valence-corrected chi connectivity index (χ3v) is 8.62. The van der Waals surface area contributed by atoms with E-state index in [1.165, 1.54) is 23.1 Å². The van der Waals surface area contributed by atoms with Crippen LogP contribution in [0.4, 0.5) is 5.69 Å². The van der Waals surface area contributed by atoms with Gasteiger partial charge in [-0.25, -0.2) is 8.42 Å². The van der Waals surface area contributed by atoms with Gasteiger partial charge in [-0.1, -0.05) is 85.0 Å². The highest BCUT2D eigenvalue weighted by Gasteiger charge is 2.33. The number of anilines is 1. The molecule has 0 aliphatic rings. The summed E-state index contributed by atoms with van der Waals surface area (Å²) in [5.74, 6) is -0.798. The maximum absolute atomic E-state index is 13.9. The Labute approximate surface area is 244 Å². The predicted molar refractivity (Wildman–Crippen MR) is 157 cm³/mol. The van der Waals surface area contributed by atoms with E-state index in [1.807, 2.05) is 13.8 Å². The number of benzene rings is 3. The molecule has 0 heterocycles. The van der Waals surface area contributed by atoms with Gasteiger partial charge in [0, 0.05) is 23.1 Å². The van der Waals surface area contributed by atoms with Crippen LogP contribution in [-0.4, -0.2) is 44.3 Å². The minimum absolute atomic E-state index is 0.00672. The van der Waals surface area contributed by atoms with E-state index in [1.54, 1.807) is 61.5 Å². The van der Waals surface area contributed by atoms with Crippen molar-refractivity contribution in [2.24, 2.45) is 5.92 Å². The zero-order valence-corrected chi connectivity index (χ0v) is 24.9. The van der Waals surface area contributed by atoms with Gasteiger partial charge in [0.05, 0.1) is 15.6 Å². The summed E-state index contributed by atoms with van der Waals surface area (Å²) in [5.41, 5.74) is 0.686. The van der Waals surface area contributed by atoms with Gasteiger partial charge in [0.15, 0.2) is 0 Å². The van der Waals surface area contributed by atoms with E-state index >= 15 is 0 Å². The standard InChI is InChI=1S/C28H30Cl3N3O4S/c1-19(2)16-32-28(36)20(3)33(17-21-13-14-22(29)15-25(21)31)27(35)18-34(26-12-8-7-11-24(26)30)39(37,38)23-9-5-4-6-10-23/h4-15,19-20H,16-18H2,1-3H3,(H,32,36)/t20-/m0/s1. The Bertz CT molecular complexity index is 1420. The second kappa shape index (κ2) is 13.5. The van der Waals surface area contributed by atoms with Crippen molar-refractivity contribution in [3.05, 3.63) is 93.4 Å². The van der Waals surface area contributed by atoms with Gasteiger partial charge < -0.3 is 10.2 Å². The van der Waals surface area contributed by atoms with Crippen LogP contribution >= 0.6 is 34.8 Å². The molecule has 1 N–H and O–H groups in total. The van der Waals surface area contributed by atoms with Crippen LogP contribution in [0, 0.1) is 5.92 Å². The Balaban J connectivity index is 2.03. The molecule has 0 aromatic heterocycles. The first-order valence-electron chi connectivity index (χ1n) is 12.2. The van der Waals surface area contributed by atoms with E-state index in [4.69, 9.17) is 34.8 Å². The fourth-order valence-electron chi connectivity index (χ4n) is 3.76. The zero-order chi connectivity index (χ0) is 28.7. The summed E-state index contributed by atoms with van der Waals surface area (Å²) in [6, 6.07) is 18.0. The fraction of sp³-hybridized carbons (Fsp3) is 0.286.